The van der Waals surface area contributed by atoms with E-state index in [0.717, 1.165) is 11.3 Å². The first-order chi connectivity index (χ1) is 11.0. The van der Waals surface area contributed by atoms with Gasteiger partial charge in [-0.2, -0.15) is 5.26 Å². The second kappa shape index (κ2) is 7.04. The summed E-state index contributed by atoms with van der Waals surface area (Å²) in [7, 11) is 0. The lowest BCUT2D eigenvalue weighted by molar-refractivity contribution is -0.384. The minimum absolute atomic E-state index is 0.146. The largest absolute Gasteiger partial charge is 0.354 e. The Balaban J connectivity index is 2.35. The van der Waals surface area contributed by atoms with E-state index >= 15 is 0 Å². The van der Waals surface area contributed by atoms with E-state index in [-0.39, 0.29) is 17.8 Å². The highest BCUT2D eigenvalue weighted by atomic mass is 16.6. The van der Waals surface area contributed by atoms with Crippen molar-refractivity contribution in [2.45, 2.75) is 13.3 Å². The third kappa shape index (κ3) is 4.28. The number of hydrogen-bond donors (Lipinski definition) is 2. The molecule has 0 bridgehead atoms. The zero-order valence-corrected chi connectivity index (χ0v) is 12.4. The van der Waals surface area contributed by atoms with E-state index in [1.807, 2.05) is 31.2 Å². The summed E-state index contributed by atoms with van der Waals surface area (Å²) in [5.41, 5.74) is 2.45. The summed E-state index contributed by atoms with van der Waals surface area (Å²) >= 11 is 0. The van der Waals surface area contributed by atoms with Gasteiger partial charge < -0.3 is 10.6 Å². The van der Waals surface area contributed by atoms with E-state index < -0.39 is 10.8 Å². The van der Waals surface area contributed by atoms with Crippen LogP contribution in [0.15, 0.2) is 42.5 Å². The zero-order chi connectivity index (χ0) is 16.8. The fraction of sp³-hybridized carbons (Fsp3) is 0.125. The number of nitrogens with zero attached hydrogens (tertiary/aromatic N) is 2. The molecular formula is C16H14N4O3. The molecule has 1 amide bonds. The minimum atomic E-state index is -0.545. The van der Waals surface area contributed by atoms with Crippen molar-refractivity contribution in [2.75, 3.05) is 10.6 Å². The number of hydrogen-bond acceptors (Lipinski definition) is 5. The molecule has 0 aromatic heterocycles. The van der Waals surface area contributed by atoms with Gasteiger partial charge in [-0.15, -0.1) is 0 Å². The van der Waals surface area contributed by atoms with Crippen LogP contribution >= 0.6 is 0 Å². The van der Waals surface area contributed by atoms with Crippen LogP contribution in [0.1, 0.15) is 12.0 Å². The Morgan fingerprint density at radius 2 is 2.04 bits per heavy atom. The molecule has 0 aliphatic rings. The van der Waals surface area contributed by atoms with Crippen LogP contribution in [0.4, 0.5) is 22.7 Å². The Morgan fingerprint density at radius 3 is 2.70 bits per heavy atom. The molecule has 2 N–H and O–H groups in total. The lowest BCUT2D eigenvalue weighted by Crippen LogP contribution is -2.12. The number of carbonyl (C=O) groups excluding carboxylic acids is 1. The fourth-order valence-electron chi connectivity index (χ4n) is 2.00. The number of nitrogens with one attached hydrogen (secondary N) is 2. The van der Waals surface area contributed by atoms with Gasteiger partial charge >= 0.3 is 0 Å². The Kier molecular flexibility index (Phi) is 4.89. The van der Waals surface area contributed by atoms with Gasteiger partial charge in [0, 0.05) is 17.8 Å². The fourth-order valence-corrected chi connectivity index (χ4v) is 2.00. The molecule has 0 saturated heterocycles. The second-order valence-electron chi connectivity index (χ2n) is 4.86. The minimum Gasteiger partial charge on any atom is -0.354 e. The molecule has 23 heavy (non-hydrogen) atoms. The molecule has 7 nitrogen and oxygen atoms in total. The highest BCUT2D eigenvalue weighted by Crippen LogP contribution is 2.30. The third-order valence-electron chi connectivity index (χ3n) is 3.02. The summed E-state index contributed by atoms with van der Waals surface area (Å²) in [6.07, 6.45) is -0.327. The first-order valence-corrected chi connectivity index (χ1v) is 6.78. The van der Waals surface area contributed by atoms with Crippen LogP contribution in [0.3, 0.4) is 0 Å². The quantitative estimate of drug-likeness (QED) is 0.649. The van der Waals surface area contributed by atoms with E-state index in [1.54, 1.807) is 6.07 Å². The number of non-ortho nitro benzene ring substituents is 1. The maximum atomic E-state index is 11.6. The monoisotopic (exact) mass is 310 g/mol. The first-order valence-electron chi connectivity index (χ1n) is 6.78. The van der Waals surface area contributed by atoms with Crippen LogP contribution in [-0.4, -0.2) is 10.8 Å². The van der Waals surface area contributed by atoms with Crippen molar-refractivity contribution in [3.63, 3.8) is 0 Å². The van der Waals surface area contributed by atoms with Gasteiger partial charge in [-0.25, -0.2) is 0 Å². The highest BCUT2D eigenvalue weighted by Gasteiger charge is 2.13. The molecule has 0 heterocycles. The van der Waals surface area contributed by atoms with Crippen LogP contribution in [0.25, 0.3) is 0 Å². The molecule has 0 unspecified atom stereocenters. The molecule has 116 valence electrons. The van der Waals surface area contributed by atoms with Crippen LogP contribution in [0, 0.1) is 28.4 Å². The standard InChI is InChI=1S/C16H14N4O3/c1-11-3-2-4-12(9-11)18-14-6-5-13(20(22)23)10-15(14)19-16(21)7-8-17/h2-6,9-10,18H,7H2,1H3,(H,19,21). The van der Waals surface area contributed by atoms with Crippen LogP contribution < -0.4 is 10.6 Å². The van der Waals surface area contributed by atoms with E-state index in [9.17, 15) is 14.9 Å². The van der Waals surface area contributed by atoms with Crippen LogP contribution in [0.5, 0.6) is 0 Å². The lowest BCUT2D eigenvalue weighted by atomic mass is 10.2. The molecule has 0 saturated carbocycles. The number of aryl methyl sites for hydroxylation is 1. The number of amides is 1. The predicted octanol–water partition coefficient (Wildman–Crippen LogP) is 3.50. The first kappa shape index (κ1) is 16.0. The van der Waals surface area contributed by atoms with Crippen molar-refractivity contribution in [3.05, 3.63) is 58.1 Å². The Labute approximate surface area is 132 Å². The van der Waals surface area contributed by atoms with Crippen LogP contribution in [0.2, 0.25) is 0 Å². The van der Waals surface area contributed by atoms with Gasteiger partial charge in [-0.1, -0.05) is 12.1 Å². The molecule has 0 radical (unpaired) electrons. The molecule has 0 fully saturated rings. The number of nitro groups is 1. The number of anilines is 3. The molecular weight excluding hydrogens is 296 g/mol. The van der Waals surface area contributed by atoms with E-state index in [4.69, 9.17) is 5.26 Å². The normalized spacial score (nSPS) is 9.74. The molecule has 0 atom stereocenters. The molecule has 0 spiro atoms. The molecule has 7 heteroatoms. The van der Waals surface area contributed by atoms with E-state index in [1.165, 1.54) is 18.2 Å². The molecule has 0 aliphatic heterocycles. The second-order valence-corrected chi connectivity index (χ2v) is 4.86. The predicted molar refractivity (Wildman–Crippen MR) is 86.4 cm³/mol. The van der Waals surface area contributed by atoms with Crippen LogP contribution in [-0.2, 0) is 4.79 Å². The number of carbonyl (C=O) groups is 1. The van der Waals surface area contributed by atoms with Crippen molar-refractivity contribution >= 4 is 28.7 Å². The molecule has 0 aliphatic carbocycles. The summed E-state index contributed by atoms with van der Waals surface area (Å²) in [5.74, 6) is -0.528. The number of nitro benzene ring substituents is 1. The summed E-state index contributed by atoms with van der Waals surface area (Å²) in [6, 6.07) is 13.4. The maximum absolute atomic E-state index is 11.6. The number of benzene rings is 2. The van der Waals surface area contributed by atoms with Gasteiger partial charge in [0.25, 0.3) is 5.69 Å². The van der Waals surface area contributed by atoms with Gasteiger partial charge in [0.05, 0.1) is 22.4 Å². The Morgan fingerprint density at radius 1 is 1.26 bits per heavy atom. The van der Waals surface area contributed by atoms with Crippen molar-refractivity contribution in [1.82, 2.24) is 0 Å². The topological polar surface area (TPSA) is 108 Å². The molecule has 2 aromatic carbocycles. The van der Waals surface area contributed by atoms with E-state index in [2.05, 4.69) is 10.6 Å². The summed E-state index contributed by atoms with van der Waals surface area (Å²) in [4.78, 5) is 22.0. The highest BCUT2D eigenvalue weighted by molar-refractivity contribution is 5.96. The third-order valence-corrected chi connectivity index (χ3v) is 3.02. The number of nitriles is 1. The van der Waals surface area contributed by atoms with Crippen molar-refractivity contribution in [3.8, 4) is 6.07 Å². The maximum Gasteiger partial charge on any atom is 0.271 e. The van der Waals surface area contributed by atoms with Gasteiger partial charge in [0.15, 0.2) is 0 Å². The Hall–Kier alpha value is -3.40. The van der Waals surface area contributed by atoms with Gasteiger partial charge in [0.2, 0.25) is 5.91 Å². The van der Waals surface area contributed by atoms with Gasteiger partial charge in [-0.3, -0.25) is 14.9 Å². The summed E-state index contributed by atoms with van der Waals surface area (Å²) in [6.45, 7) is 1.94. The van der Waals surface area contributed by atoms with Gasteiger partial charge in [-0.05, 0) is 30.7 Å². The van der Waals surface area contributed by atoms with Crippen molar-refractivity contribution in [1.29, 1.82) is 5.26 Å². The summed E-state index contributed by atoms with van der Waals surface area (Å²) < 4.78 is 0. The van der Waals surface area contributed by atoms with E-state index in [0.29, 0.717) is 5.69 Å². The molecule has 2 aromatic rings. The molecule has 2 rings (SSSR count). The van der Waals surface area contributed by atoms with Gasteiger partial charge in [0.1, 0.15) is 6.42 Å². The zero-order valence-electron chi connectivity index (χ0n) is 12.4. The smallest absolute Gasteiger partial charge is 0.271 e. The number of rotatable bonds is 5. The van der Waals surface area contributed by atoms with Crippen molar-refractivity contribution in [2.24, 2.45) is 0 Å². The SMILES string of the molecule is Cc1cccc(Nc2ccc([N+](=O)[O-])cc2NC(=O)CC#N)c1. The summed E-state index contributed by atoms with van der Waals surface area (Å²) in [5, 5.41) is 25.1. The van der Waals surface area contributed by atoms with Crippen molar-refractivity contribution < 1.29 is 9.72 Å². The lowest BCUT2D eigenvalue weighted by Gasteiger charge is -2.13. The Bertz CT molecular complexity index is 796. The average molecular weight is 310 g/mol. The average Bonchev–Trinajstić information content (AvgIpc) is 2.49.